The maximum atomic E-state index is 10.8. The second-order valence-corrected chi connectivity index (χ2v) is 4.49. The van der Waals surface area contributed by atoms with Crippen LogP contribution in [-0.2, 0) is 9.59 Å². The SMILES string of the molecule is O=C1C=C(Cl)CC1.O=C1C=C(n2ccnn2)CC1. The fourth-order valence-corrected chi connectivity index (χ4v) is 1.90. The first-order valence-corrected chi connectivity index (χ1v) is 6.02. The Hall–Kier alpha value is -1.75. The Bertz CT molecular complexity index is 517. The van der Waals surface area contributed by atoms with Gasteiger partial charge in [0, 0.05) is 29.6 Å². The van der Waals surface area contributed by atoms with Crippen molar-refractivity contribution in [1.82, 2.24) is 15.0 Å². The van der Waals surface area contributed by atoms with Crippen molar-refractivity contribution in [2.75, 3.05) is 0 Å². The number of carbonyl (C=O) groups is 2. The van der Waals surface area contributed by atoms with Gasteiger partial charge in [0.2, 0.25) is 0 Å². The Balaban J connectivity index is 0.000000149. The highest BCUT2D eigenvalue weighted by Gasteiger charge is 2.13. The smallest absolute Gasteiger partial charge is 0.157 e. The van der Waals surface area contributed by atoms with E-state index in [2.05, 4.69) is 10.3 Å². The van der Waals surface area contributed by atoms with Gasteiger partial charge in [-0.2, -0.15) is 0 Å². The lowest BCUT2D eigenvalue weighted by Crippen LogP contribution is -1.94. The molecule has 0 spiro atoms. The van der Waals surface area contributed by atoms with Crippen LogP contribution in [0, 0.1) is 0 Å². The van der Waals surface area contributed by atoms with Crippen molar-refractivity contribution in [2.45, 2.75) is 25.7 Å². The summed E-state index contributed by atoms with van der Waals surface area (Å²) in [4.78, 5) is 21.1. The zero-order valence-corrected chi connectivity index (χ0v) is 10.4. The van der Waals surface area contributed by atoms with E-state index in [4.69, 9.17) is 11.6 Å². The average molecular weight is 266 g/mol. The molecule has 0 aliphatic heterocycles. The van der Waals surface area contributed by atoms with Crippen LogP contribution < -0.4 is 0 Å². The lowest BCUT2D eigenvalue weighted by atomic mass is 10.3. The van der Waals surface area contributed by atoms with Gasteiger partial charge in [-0.25, -0.2) is 4.68 Å². The number of ketones is 2. The van der Waals surface area contributed by atoms with Crippen LogP contribution >= 0.6 is 11.6 Å². The Kier molecular flexibility index (Phi) is 4.04. The van der Waals surface area contributed by atoms with E-state index in [1.165, 1.54) is 6.08 Å². The fraction of sp³-hybridized carbons (Fsp3) is 0.333. The van der Waals surface area contributed by atoms with E-state index in [1.807, 2.05) is 0 Å². The van der Waals surface area contributed by atoms with E-state index in [9.17, 15) is 9.59 Å². The molecular formula is C12H12ClN3O2. The highest BCUT2D eigenvalue weighted by molar-refractivity contribution is 6.32. The molecule has 0 aromatic carbocycles. The molecule has 18 heavy (non-hydrogen) atoms. The standard InChI is InChI=1S/C7H7N3O.C5H5ClO/c11-7-2-1-6(5-7)10-4-3-8-9-10;6-4-1-2-5(7)3-4/h3-5H,1-2H2;3H,1-2H2. The summed E-state index contributed by atoms with van der Waals surface area (Å²) in [7, 11) is 0. The molecule has 0 saturated heterocycles. The van der Waals surface area contributed by atoms with Crippen LogP contribution in [0.25, 0.3) is 5.70 Å². The van der Waals surface area contributed by atoms with E-state index in [1.54, 1.807) is 23.2 Å². The maximum absolute atomic E-state index is 10.8. The summed E-state index contributed by atoms with van der Waals surface area (Å²) in [5.74, 6) is 0.334. The molecule has 1 aromatic heterocycles. The Labute approximate surface area is 109 Å². The van der Waals surface area contributed by atoms with Crippen LogP contribution in [0.4, 0.5) is 0 Å². The van der Waals surface area contributed by atoms with E-state index < -0.39 is 0 Å². The first kappa shape index (κ1) is 12.7. The zero-order valence-electron chi connectivity index (χ0n) is 9.67. The second-order valence-electron chi connectivity index (χ2n) is 4.01. The van der Waals surface area contributed by atoms with Crippen LogP contribution in [0.2, 0.25) is 0 Å². The summed E-state index contributed by atoms with van der Waals surface area (Å²) >= 11 is 5.45. The molecule has 0 radical (unpaired) electrons. The third-order valence-corrected chi connectivity index (χ3v) is 2.90. The summed E-state index contributed by atoms with van der Waals surface area (Å²) in [5, 5.41) is 8.13. The van der Waals surface area contributed by atoms with Crippen molar-refractivity contribution < 1.29 is 9.59 Å². The van der Waals surface area contributed by atoms with Gasteiger partial charge in [-0.05, 0) is 18.9 Å². The van der Waals surface area contributed by atoms with Crippen molar-refractivity contribution in [3.05, 3.63) is 29.6 Å². The first-order valence-electron chi connectivity index (χ1n) is 5.64. The number of hydrogen-bond donors (Lipinski definition) is 0. The van der Waals surface area contributed by atoms with Crippen LogP contribution in [0.15, 0.2) is 29.6 Å². The Morgan fingerprint density at radius 2 is 1.78 bits per heavy atom. The molecule has 1 heterocycles. The van der Waals surface area contributed by atoms with E-state index >= 15 is 0 Å². The molecule has 0 bridgehead atoms. The van der Waals surface area contributed by atoms with Crippen molar-refractivity contribution in [3.63, 3.8) is 0 Å². The summed E-state index contributed by atoms with van der Waals surface area (Å²) in [6.45, 7) is 0. The van der Waals surface area contributed by atoms with Gasteiger partial charge in [-0.1, -0.05) is 16.8 Å². The second kappa shape index (κ2) is 5.73. The number of aromatic nitrogens is 3. The zero-order chi connectivity index (χ0) is 13.0. The normalized spacial score (nSPS) is 18.3. The summed E-state index contributed by atoms with van der Waals surface area (Å²) in [6.07, 6.45) is 9.20. The minimum absolute atomic E-state index is 0.157. The van der Waals surface area contributed by atoms with Gasteiger partial charge in [0.15, 0.2) is 11.6 Å². The van der Waals surface area contributed by atoms with Gasteiger partial charge in [-0.15, -0.1) is 5.10 Å². The predicted octanol–water partition coefficient (Wildman–Crippen LogP) is 1.95. The molecule has 6 heteroatoms. The summed E-state index contributed by atoms with van der Waals surface area (Å²) < 4.78 is 1.63. The van der Waals surface area contributed by atoms with Crippen LogP contribution in [0.1, 0.15) is 25.7 Å². The molecule has 2 aliphatic carbocycles. The largest absolute Gasteiger partial charge is 0.295 e. The van der Waals surface area contributed by atoms with Crippen molar-refractivity contribution in [1.29, 1.82) is 0 Å². The Morgan fingerprint density at radius 1 is 1.06 bits per heavy atom. The van der Waals surface area contributed by atoms with Gasteiger partial charge >= 0.3 is 0 Å². The first-order chi connectivity index (χ1) is 8.65. The molecule has 0 atom stereocenters. The van der Waals surface area contributed by atoms with Gasteiger partial charge in [-0.3, -0.25) is 9.59 Å². The predicted molar refractivity (Wildman–Crippen MR) is 66.7 cm³/mol. The van der Waals surface area contributed by atoms with Crippen LogP contribution in [-0.4, -0.2) is 26.6 Å². The number of carbonyl (C=O) groups excluding carboxylic acids is 2. The Morgan fingerprint density at radius 3 is 2.17 bits per heavy atom. The fourth-order valence-electron chi connectivity index (χ4n) is 1.69. The maximum Gasteiger partial charge on any atom is 0.157 e. The monoisotopic (exact) mass is 265 g/mol. The minimum Gasteiger partial charge on any atom is -0.295 e. The van der Waals surface area contributed by atoms with E-state index in [0.29, 0.717) is 17.9 Å². The number of allylic oxidation sites excluding steroid dienone is 4. The van der Waals surface area contributed by atoms with Crippen LogP contribution in [0.3, 0.4) is 0 Å². The molecule has 94 valence electrons. The van der Waals surface area contributed by atoms with Gasteiger partial charge in [0.05, 0.1) is 12.4 Å². The van der Waals surface area contributed by atoms with E-state index in [-0.39, 0.29) is 11.6 Å². The lowest BCUT2D eigenvalue weighted by Gasteiger charge is -1.95. The minimum atomic E-state index is 0.157. The molecule has 5 nitrogen and oxygen atoms in total. The van der Waals surface area contributed by atoms with Crippen molar-refractivity contribution >= 4 is 28.9 Å². The molecule has 0 saturated carbocycles. The van der Waals surface area contributed by atoms with Gasteiger partial charge in [0.1, 0.15) is 0 Å². The lowest BCUT2D eigenvalue weighted by molar-refractivity contribution is -0.114. The van der Waals surface area contributed by atoms with E-state index in [0.717, 1.165) is 18.5 Å². The quantitative estimate of drug-likeness (QED) is 0.778. The van der Waals surface area contributed by atoms with Crippen molar-refractivity contribution in [3.8, 4) is 0 Å². The topological polar surface area (TPSA) is 64.8 Å². The molecule has 3 rings (SSSR count). The number of nitrogens with zero attached hydrogens (tertiary/aromatic N) is 3. The van der Waals surface area contributed by atoms with Gasteiger partial charge in [0.25, 0.3) is 0 Å². The third-order valence-electron chi connectivity index (χ3n) is 2.60. The third kappa shape index (κ3) is 3.37. The highest BCUT2D eigenvalue weighted by atomic mass is 35.5. The molecule has 1 aromatic rings. The molecular weight excluding hydrogens is 254 g/mol. The number of rotatable bonds is 1. The van der Waals surface area contributed by atoms with Gasteiger partial charge < -0.3 is 0 Å². The number of halogens is 1. The molecule has 2 aliphatic rings. The molecule has 0 unspecified atom stereocenters. The van der Waals surface area contributed by atoms with Crippen molar-refractivity contribution in [2.24, 2.45) is 0 Å². The summed E-state index contributed by atoms with van der Waals surface area (Å²) in [6, 6.07) is 0. The molecule has 0 fully saturated rings. The average Bonchev–Trinajstić information content (AvgIpc) is 3.01. The number of hydrogen-bond acceptors (Lipinski definition) is 4. The van der Waals surface area contributed by atoms with Crippen LogP contribution in [0.5, 0.6) is 0 Å². The highest BCUT2D eigenvalue weighted by Crippen LogP contribution is 2.18. The molecule has 0 amide bonds. The summed E-state index contributed by atoms with van der Waals surface area (Å²) in [5.41, 5.74) is 0.938. The molecule has 0 N–H and O–H groups in total.